The Morgan fingerprint density at radius 3 is 2.47 bits per heavy atom. The topological polar surface area (TPSA) is 69.6 Å². The Balaban J connectivity index is 3.20. The van der Waals surface area contributed by atoms with Crippen molar-refractivity contribution in [2.75, 3.05) is 31.1 Å². The van der Waals surface area contributed by atoms with Gasteiger partial charge in [0.1, 0.15) is 4.90 Å². The Morgan fingerprint density at radius 1 is 1.21 bits per heavy atom. The van der Waals surface area contributed by atoms with Crippen LogP contribution in [0, 0.1) is 0 Å². The zero-order valence-corrected chi connectivity index (χ0v) is 12.3. The lowest BCUT2D eigenvalue weighted by Gasteiger charge is -2.25. The highest BCUT2D eigenvalue weighted by Crippen LogP contribution is 2.24. The quantitative estimate of drug-likeness (QED) is 0.753. The van der Waals surface area contributed by atoms with Crippen LogP contribution in [0.1, 0.15) is 20.3 Å². The molecule has 0 saturated heterocycles. The van der Waals surface area contributed by atoms with Crippen LogP contribution in [0.5, 0.6) is 0 Å². The van der Waals surface area contributed by atoms with E-state index in [1.165, 1.54) is 0 Å². The van der Waals surface area contributed by atoms with Crippen LogP contribution < -0.4 is 9.62 Å². The fourth-order valence-corrected chi connectivity index (χ4v) is 3.22. The lowest BCUT2D eigenvalue weighted by Crippen LogP contribution is -2.31. The van der Waals surface area contributed by atoms with E-state index in [4.69, 9.17) is 5.11 Å². The van der Waals surface area contributed by atoms with Gasteiger partial charge in [0.05, 0.1) is 12.3 Å². The van der Waals surface area contributed by atoms with Crippen LogP contribution in [0.3, 0.4) is 0 Å². The second kappa shape index (κ2) is 7.47. The lowest BCUT2D eigenvalue weighted by molar-refractivity contribution is 0.301. The molecule has 0 atom stereocenters. The predicted molar refractivity (Wildman–Crippen MR) is 76.9 cm³/mol. The van der Waals surface area contributed by atoms with Crippen molar-refractivity contribution >= 4 is 15.7 Å². The summed E-state index contributed by atoms with van der Waals surface area (Å²) in [6, 6.07) is 6.88. The summed E-state index contributed by atoms with van der Waals surface area (Å²) in [4.78, 5) is 2.16. The largest absolute Gasteiger partial charge is 0.395 e. The number of sulfonamides is 1. The molecule has 0 spiro atoms. The van der Waals surface area contributed by atoms with Gasteiger partial charge in [0.15, 0.2) is 0 Å². The van der Waals surface area contributed by atoms with Crippen molar-refractivity contribution in [1.29, 1.82) is 0 Å². The Hall–Kier alpha value is -1.11. The van der Waals surface area contributed by atoms with Gasteiger partial charge in [-0.3, -0.25) is 0 Å². The van der Waals surface area contributed by atoms with E-state index in [-0.39, 0.29) is 11.5 Å². The summed E-state index contributed by atoms with van der Waals surface area (Å²) in [7, 11) is -3.50. The van der Waals surface area contributed by atoms with E-state index in [0.29, 0.717) is 25.3 Å². The van der Waals surface area contributed by atoms with E-state index in [2.05, 4.69) is 4.72 Å². The molecular weight excluding hydrogens is 264 g/mol. The molecule has 5 nitrogen and oxygen atoms in total. The fraction of sp³-hybridized carbons (Fsp3) is 0.538. The van der Waals surface area contributed by atoms with E-state index >= 15 is 0 Å². The van der Waals surface area contributed by atoms with Gasteiger partial charge in [-0.15, -0.1) is 0 Å². The van der Waals surface area contributed by atoms with Crippen molar-refractivity contribution in [3.63, 3.8) is 0 Å². The number of nitrogens with one attached hydrogen (secondary N) is 1. The molecule has 0 heterocycles. The highest BCUT2D eigenvalue weighted by atomic mass is 32.2. The van der Waals surface area contributed by atoms with E-state index in [1.54, 1.807) is 31.2 Å². The van der Waals surface area contributed by atoms with Crippen LogP contribution in [0.4, 0.5) is 5.69 Å². The van der Waals surface area contributed by atoms with Crippen LogP contribution in [0.25, 0.3) is 0 Å². The first kappa shape index (κ1) is 15.9. The minimum Gasteiger partial charge on any atom is -0.395 e. The van der Waals surface area contributed by atoms with E-state index in [0.717, 1.165) is 6.42 Å². The zero-order valence-electron chi connectivity index (χ0n) is 11.5. The summed E-state index contributed by atoms with van der Waals surface area (Å²) < 4.78 is 26.8. The van der Waals surface area contributed by atoms with Crippen LogP contribution in [-0.4, -0.2) is 39.8 Å². The standard InChI is InChI=1S/C13H22N2O3S/c1-3-9-15(10-11-16)12-7-5-6-8-13(12)19(17,18)14-4-2/h5-8,14,16H,3-4,9-11H2,1-2H3. The number of nitrogens with zero attached hydrogens (tertiary/aromatic N) is 1. The molecule has 0 aliphatic carbocycles. The minimum atomic E-state index is -3.50. The van der Waals surface area contributed by atoms with Crippen molar-refractivity contribution in [3.05, 3.63) is 24.3 Å². The highest BCUT2D eigenvalue weighted by Gasteiger charge is 2.20. The smallest absolute Gasteiger partial charge is 0.242 e. The summed E-state index contributed by atoms with van der Waals surface area (Å²) in [6.07, 6.45) is 0.885. The van der Waals surface area contributed by atoms with Crippen molar-refractivity contribution in [3.8, 4) is 0 Å². The molecule has 0 radical (unpaired) electrons. The van der Waals surface area contributed by atoms with Gasteiger partial charge in [-0.25, -0.2) is 13.1 Å². The number of anilines is 1. The maximum Gasteiger partial charge on any atom is 0.242 e. The lowest BCUT2D eigenvalue weighted by atomic mass is 10.2. The molecule has 0 saturated carbocycles. The molecule has 1 rings (SSSR count). The molecule has 0 aromatic heterocycles. The average molecular weight is 286 g/mol. The molecular formula is C13H22N2O3S. The Morgan fingerprint density at radius 2 is 1.89 bits per heavy atom. The molecule has 0 bridgehead atoms. The maximum atomic E-state index is 12.2. The molecule has 1 aromatic rings. The SMILES string of the molecule is CCCN(CCO)c1ccccc1S(=O)(=O)NCC. The maximum absolute atomic E-state index is 12.2. The Kier molecular flexibility index (Phi) is 6.27. The van der Waals surface area contributed by atoms with Gasteiger partial charge < -0.3 is 10.0 Å². The molecule has 1 aromatic carbocycles. The average Bonchev–Trinajstić information content (AvgIpc) is 2.38. The van der Waals surface area contributed by atoms with Crippen LogP contribution >= 0.6 is 0 Å². The number of aliphatic hydroxyl groups excluding tert-OH is 1. The molecule has 0 aliphatic rings. The third kappa shape index (κ3) is 4.19. The third-order valence-electron chi connectivity index (χ3n) is 2.69. The van der Waals surface area contributed by atoms with Crippen LogP contribution in [0.15, 0.2) is 29.2 Å². The highest BCUT2D eigenvalue weighted by molar-refractivity contribution is 7.89. The first-order chi connectivity index (χ1) is 9.06. The summed E-state index contributed by atoms with van der Waals surface area (Å²) >= 11 is 0. The van der Waals surface area contributed by atoms with E-state index < -0.39 is 10.0 Å². The number of rotatable bonds is 8. The van der Waals surface area contributed by atoms with Crippen molar-refractivity contribution in [2.24, 2.45) is 0 Å². The minimum absolute atomic E-state index is 0.00438. The Labute approximate surface area is 115 Å². The number of hydrogen-bond acceptors (Lipinski definition) is 4. The van der Waals surface area contributed by atoms with Crippen molar-refractivity contribution in [1.82, 2.24) is 4.72 Å². The first-order valence-electron chi connectivity index (χ1n) is 6.51. The second-order valence-electron chi connectivity index (χ2n) is 4.18. The monoisotopic (exact) mass is 286 g/mol. The number of para-hydroxylation sites is 1. The Bertz CT molecular complexity index is 482. The van der Waals surface area contributed by atoms with E-state index in [1.807, 2.05) is 11.8 Å². The van der Waals surface area contributed by atoms with Gasteiger partial charge in [0, 0.05) is 19.6 Å². The van der Waals surface area contributed by atoms with Gasteiger partial charge in [0.25, 0.3) is 0 Å². The fourth-order valence-electron chi connectivity index (χ4n) is 1.96. The van der Waals surface area contributed by atoms with E-state index in [9.17, 15) is 8.42 Å². The molecule has 0 fully saturated rings. The number of hydrogen-bond donors (Lipinski definition) is 2. The molecule has 2 N–H and O–H groups in total. The molecule has 0 aliphatic heterocycles. The van der Waals surface area contributed by atoms with Gasteiger partial charge in [0.2, 0.25) is 10.0 Å². The molecule has 6 heteroatoms. The van der Waals surface area contributed by atoms with Crippen LogP contribution in [0.2, 0.25) is 0 Å². The molecule has 108 valence electrons. The summed E-state index contributed by atoms with van der Waals surface area (Å²) in [5.41, 5.74) is 0.638. The van der Waals surface area contributed by atoms with Gasteiger partial charge in [-0.2, -0.15) is 0 Å². The molecule has 0 amide bonds. The zero-order chi connectivity index (χ0) is 14.3. The summed E-state index contributed by atoms with van der Waals surface area (Å²) in [5.74, 6) is 0. The second-order valence-corrected chi connectivity index (χ2v) is 5.92. The number of benzene rings is 1. The predicted octanol–water partition coefficient (Wildman–Crippen LogP) is 1.19. The van der Waals surface area contributed by atoms with Crippen LogP contribution in [-0.2, 0) is 10.0 Å². The molecule has 0 unspecified atom stereocenters. The summed E-state index contributed by atoms with van der Waals surface area (Å²) in [5, 5.41) is 9.11. The molecule has 19 heavy (non-hydrogen) atoms. The third-order valence-corrected chi connectivity index (χ3v) is 4.29. The number of aliphatic hydroxyl groups is 1. The van der Waals surface area contributed by atoms with Crippen molar-refractivity contribution in [2.45, 2.75) is 25.2 Å². The van der Waals surface area contributed by atoms with Crippen molar-refractivity contribution < 1.29 is 13.5 Å². The summed E-state index contributed by atoms with van der Waals surface area (Å²) in [6.45, 7) is 5.25. The van der Waals surface area contributed by atoms with Gasteiger partial charge in [-0.05, 0) is 18.6 Å². The van der Waals surface area contributed by atoms with Gasteiger partial charge >= 0.3 is 0 Å². The first-order valence-corrected chi connectivity index (χ1v) is 7.99. The normalized spacial score (nSPS) is 11.5. The van der Waals surface area contributed by atoms with Gasteiger partial charge in [-0.1, -0.05) is 26.0 Å².